The number of nitrogens with zero attached hydrogens (tertiary/aromatic N) is 1. The largest absolute Gasteiger partial charge is 0.387 e. The molecule has 15 heavy (non-hydrogen) atoms. The third-order valence-electron chi connectivity index (χ3n) is 3.67. The van der Waals surface area contributed by atoms with Gasteiger partial charge in [-0.2, -0.15) is 0 Å². The molecule has 0 aliphatic heterocycles. The smallest absolute Gasteiger partial charge is 0.0962 e. The number of nitrogens with two attached hydrogens (primary N) is 1. The summed E-state index contributed by atoms with van der Waals surface area (Å²) >= 11 is 0. The van der Waals surface area contributed by atoms with Gasteiger partial charge in [-0.1, -0.05) is 40.0 Å². The fourth-order valence-corrected chi connectivity index (χ4v) is 2.24. The zero-order chi connectivity index (χ0) is 11.3. The van der Waals surface area contributed by atoms with Crippen LogP contribution >= 0.6 is 0 Å². The third-order valence-corrected chi connectivity index (χ3v) is 3.67. The minimum absolute atomic E-state index is 0.400. The Morgan fingerprint density at radius 2 is 1.73 bits per heavy atom. The molecule has 0 atom stereocenters. The summed E-state index contributed by atoms with van der Waals surface area (Å²) < 4.78 is 0. The molecular weight excluding hydrogens is 184 g/mol. The Balaban J connectivity index is 2.27. The van der Waals surface area contributed by atoms with Gasteiger partial charge in [0.15, 0.2) is 0 Å². The topological polar surface area (TPSA) is 38.4 Å². The number of hydrogen-bond donors (Lipinski definition) is 1. The highest BCUT2D eigenvalue weighted by Gasteiger charge is 2.19. The van der Waals surface area contributed by atoms with Crippen LogP contribution in [-0.2, 0) is 0 Å². The minimum Gasteiger partial charge on any atom is -0.387 e. The lowest BCUT2D eigenvalue weighted by atomic mass is 9.81. The molecule has 1 fully saturated rings. The van der Waals surface area contributed by atoms with Crippen molar-refractivity contribution in [2.24, 2.45) is 28.5 Å². The predicted molar refractivity (Wildman–Crippen MR) is 67.1 cm³/mol. The van der Waals surface area contributed by atoms with Crippen LogP contribution in [0.1, 0.15) is 52.9 Å². The summed E-state index contributed by atoms with van der Waals surface area (Å²) in [4.78, 5) is 4.49. The van der Waals surface area contributed by atoms with Gasteiger partial charge >= 0.3 is 0 Å². The molecule has 1 aliphatic carbocycles. The molecule has 88 valence electrons. The van der Waals surface area contributed by atoms with Gasteiger partial charge in [0.2, 0.25) is 0 Å². The molecular formula is C13H26N2. The summed E-state index contributed by atoms with van der Waals surface area (Å²) in [6, 6.07) is 0. The normalized spacial score (nSPS) is 28.4. The van der Waals surface area contributed by atoms with Crippen molar-refractivity contribution < 1.29 is 0 Å². The van der Waals surface area contributed by atoms with Gasteiger partial charge in [-0.3, -0.25) is 4.99 Å². The maximum Gasteiger partial charge on any atom is 0.0962 e. The number of amidine groups is 1. The Morgan fingerprint density at radius 1 is 1.20 bits per heavy atom. The van der Waals surface area contributed by atoms with E-state index in [9.17, 15) is 0 Å². The summed E-state index contributed by atoms with van der Waals surface area (Å²) in [7, 11) is 0. The van der Waals surface area contributed by atoms with Crippen LogP contribution < -0.4 is 5.73 Å². The quantitative estimate of drug-likeness (QED) is 0.561. The van der Waals surface area contributed by atoms with Crippen molar-refractivity contribution in [3.05, 3.63) is 0 Å². The minimum atomic E-state index is 0.400. The second-order valence-corrected chi connectivity index (χ2v) is 5.22. The molecule has 1 saturated carbocycles. The first-order chi connectivity index (χ1) is 7.13. The van der Waals surface area contributed by atoms with Crippen molar-refractivity contribution in [3.63, 3.8) is 0 Å². The highest BCUT2D eigenvalue weighted by Crippen LogP contribution is 2.30. The summed E-state index contributed by atoms with van der Waals surface area (Å²) in [5, 5.41) is 0. The average molecular weight is 210 g/mol. The zero-order valence-corrected chi connectivity index (χ0v) is 10.5. The summed E-state index contributed by atoms with van der Waals surface area (Å²) in [6.07, 6.45) is 6.86. The van der Waals surface area contributed by atoms with Crippen LogP contribution in [0.5, 0.6) is 0 Å². The standard InChI is InChI=1S/C13H26N2/c1-4-11-5-7-12(8-6-11)9-15-13(14)10(2)3/h10-12H,4-9H2,1-3H3,(H2,14,15). The molecule has 0 heterocycles. The Bertz CT molecular complexity index is 201. The lowest BCUT2D eigenvalue weighted by Crippen LogP contribution is -2.22. The van der Waals surface area contributed by atoms with Gasteiger partial charge in [0.05, 0.1) is 5.84 Å². The molecule has 0 spiro atoms. The number of hydrogen-bond acceptors (Lipinski definition) is 1. The SMILES string of the molecule is CCC1CCC(CN=C(N)C(C)C)CC1. The molecule has 2 heteroatoms. The van der Waals surface area contributed by atoms with Crippen LogP contribution in [0, 0.1) is 17.8 Å². The van der Waals surface area contributed by atoms with Gasteiger partial charge in [0.1, 0.15) is 0 Å². The predicted octanol–water partition coefficient (Wildman–Crippen LogP) is 3.22. The van der Waals surface area contributed by atoms with E-state index >= 15 is 0 Å². The lowest BCUT2D eigenvalue weighted by molar-refractivity contribution is 0.274. The van der Waals surface area contributed by atoms with Crippen LogP contribution in [0.3, 0.4) is 0 Å². The van der Waals surface area contributed by atoms with E-state index in [1.807, 2.05) is 0 Å². The number of rotatable bonds is 4. The van der Waals surface area contributed by atoms with E-state index in [1.165, 1.54) is 32.1 Å². The van der Waals surface area contributed by atoms with Crippen LogP contribution in [0.25, 0.3) is 0 Å². The van der Waals surface area contributed by atoms with Gasteiger partial charge in [-0.25, -0.2) is 0 Å². The fraction of sp³-hybridized carbons (Fsp3) is 0.923. The van der Waals surface area contributed by atoms with Gasteiger partial charge < -0.3 is 5.73 Å². The van der Waals surface area contributed by atoms with E-state index in [0.29, 0.717) is 5.92 Å². The van der Waals surface area contributed by atoms with E-state index in [0.717, 1.165) is 24.2 Å². The Hall–Kier alpha value is -0.530. The van der Waals surface area contributed by atoms with Crippen molar-refractivity contribution in [3.8, 4) is 0 Å². The molecule has 1 aliphatic rings. The molecule has 1 rings (SSSR count). The first-order valence-electron chi connectivity index (χ1n) is 6.43. The van der Waals surface area contributed by atoms with E-state index < -0.39 is 0 Å². The monoisotopic (exact) mass is 210 g/mol. The first-order valence-corrected chi connectivity index (χ1v) is 6.43. The van der Waals surface area contributed by atoms with E-state index in [4.69, 9.17) is 5.73 Å². The summed E-state index contributed by atoms with van der Waals surface area (Å²) in [6.45, 7) is 7.47. The van der Waals surface area contributed by atoms with Crippen molar-refractivity contribution in [1.29, 1.82) is 0 Å². The highest BCUT2D eigenvalue weighted by atomic mass is 14.9. The fourth-order valence-electron chi connectivity index (χ4n) is 2.24. The molecule has 2 nitrogen and oxygen atoms in total. The highest BCUT2D eigenvalue weighted by molar-refractivity contribution is 5.82. The molecule has 0 aromatic heterocycles. The molecule has 0 unspecified atom stereocenters. The molecule has 2 N–H and O–H groups in total. The lowest BCUT2D eigenvalue weighted by Gasteiger charge is -2.26. The zero-order valence-electron chi connectivity index (χ0n) is 10.5. The molecule has 0 aromatic rings. The van der Waals surface area contributed by atoms with Gasteiger partial charge in [-0.15, -0.1) is 0 Å². The Labute approximate surface area is 94.3 Å². The second kappa shape index (κ2) is 6.14. The third kappa shape index (κ3) is 4.23. The van der Waals surface area contributed by atoms with E-state index in [1.54, 1.807) is 0 Å². The van der Waals surface area contributed by atoms with E-state index in [2.05, 4.69) is 25.8 Å². The Morgan fingerprint density at radius 3 is 2.20 bits per heavy atom. The van der Waals surface area contributed by atoms with Crippen LogP contribution in [0.4, 0.5) is 0 Å². The molecule has 0 aromatic carbocycles. The maximum atomic E-state index is 5.84. The van der Waals surface area contributed by atoms with Gasteiger partial charge in [-0.05, 0) is 24.7 Å². The molecule has 0 radical (unpaired) electrons. The van der Waals surface area contributed by atoms with Gasteiger partial charge in [0.25, 0.3) is 0 Å². The van der Waals surface area contributed by atoms with Crippen LogP contribution in [0.15, 0.2) is 4.99 Å². The van der Waals surface area contributed by atoms with Crippen molar-refractivity contribution >= 4 is 5.84 Å². The molecule has 0 amide bonds. The first kappa shape index (κ1) is 12.5. The second-order valence-electron chi connectivity index (χ2n) is 5.22. The van der Waals surface area contributed by atoms with Crippen LogP contribution in [-0.4, -0.2) is 12.4 Å². The van der Waals surface area contributed by atoms with Gasteiger partial charge in [0, 0.05) is 12.5 Å². The Kier molecular flexibility index (Phi) is 5.13. The van der Waals surface area contributed by atoms with Crippen LogP contribution in [0.2, 0.25) is 0 Å². The van der Waals surface area contributed by atoms with Crippen molar-refractivity contribution in [2.45, 2.75) is 52.9 Å². The van der Waals surface area contributed by atoms with Crippen molar-refractivity contribution in [2.75, 3.05) is 6.54 Å². The summed E-state index contributed by atoms with van der Waals surface area (Å²) in [5.74, 6) is 3.00. The van der Waals surface area contributed by atoms with E-state index in [-0.39, 0.29) is 0 Å². The van der Waals surface area contributed by atoms with Crippen molar-refractivity contribution in [1.82, 2.24) is 0 Å². The average Bonchev–Trinajstić information content (AvgIpc) is 2.26. The molecule has 0 bridgehead atoms. The number of aliphatic imine (C=N–C) groups is 1. The summed E-state index contributed by atoms with van der Waals surface area (Å²) in [5.41, 5.74) is 5.84. The molecule has 0 saturated heterocycles. The maximum absolute atomic E-state index is 5.84.